The van der Waals surface area contributed by atoms with E-state index in [0.29, 0.717) is 6.04 Å². The molecule has 0 radical (unpaired) electrons. The van der Waals surface area contributed by atoms with Crippen LogP contribution >= 0.6 is 0 Å². The summed E-state index contributed by atoms with van der Waals surface area (Å²) < 4.78 is 0. The number of nitrogens with one attached hydrogen (secondary N) is 2. The number of aryl methyl sites for hydroxylation is 1. The van der Waals surface area contributed by atoms with Crippen LogP contribution in [0.5, 0.6) is 0 Å². The second-order valence-corrected chi connectivity index (χ2v) is 3.07. The maximum absolute atomic E-state index is 4.17. The van der Waals surface area contributed by atoms with Gasteiger partial charge in [0.25, 0.3) is 0 Å². The fourth-order valence-corrected chi connectivity index (χ4v) is 1.57. The van der Waals surface area contributed by atoms with Crippen LogP contribution in [-0.2, 0) is 0 Å². The van der Waals surface area contributed by atoms with E-state index in [1.165, 1.54) is 18.5 Å². The molecule has 1 aliphatic rings. The average molecular weight is 151 g/mol. The van der Waals surface area contributed by atoms with Gasteiger partial charge >= 0.3 is 0 Å². The Bertz CT molecular complexity index is 235. The number of imidazole rings is 1. The van der Waals surface area contributed by atoms with E-state index >= 15 is 0 Å². The third-order valence-electron chi connectivity index (χ3n) is 2.16. The van der Waals surface area contributed by atoms with E-state index in [0.717, 1.165) is 12.4 Å². The summed E-state index contributed by atoms with van der Waals surface area (Å²) in [6.45, 7) is 3.13. The van der Waals surface area contributed by atoms with Crippen LogP contribution < -0.4 is 5.32 Å². The predicted molar refractivity (Wildman–Crippen MR) is 43.3 cm³/mol. The highest BCUT2D eigenvalue weighted by Crippen LogP contribution is 2.20. The van der Waals surface area contributed by atoms with Crippen LogP contribution in [0.15, 0.2) is 6.20 Å². The van der Waals surface area contributed by atoms with Crippen molar-refractivity contribution in [2.45, 2.75) is 25.8 Å². The number of aromatic nitrogens is 2. The van der Waals surface area contributed by atoms with Crippen molar-refractivity contribution in [1.82, 2.24) is 15.3 Å². The number of rotatable bonds is 1. The second-order valence-electron chi connectivity index (χ2n) is 3.07. The molecule has 1 unspecified atom stereocenters. The second kappa shape index (κ2) is 2.66. The third kappa shape index (κ3) is 1.28. The van der Waals surface area contributed by atoms with Gasteiger partial charge in [-0.3, -0.25) is 0 Å². The van der Waals surface area contributed by atoms with Crippen molar-refractivity contribution in [3.63, 3.8) is 0 Å². The molecule has 60 valence electrons. The van der Waals surface area contributed by atoms with Gasteiger partial charge in [-0.25, -0.2) is 4.98 Å². The molecule has 2 N–H and O–H groups in total. The molecule has 1 saturated heterocycles. The van der Waals surface area contributed by atoms with Crippen LogP contribution in [0.2, 0.25) is 0 Å². The minimum Gasteiger partial charge on any atom is -0.345 e. The van der Waals surface area contributed by atoms with Crippen LogP contribution in [0.3, 0.4) is 0 Å². The molecule has 0 bridgehead atoms. The first-order valence-corrected chi connectivity index (χ1v) is 4.11. The first-order chi connectivity index (χ1) is 5.36. The van der Waals surface area contributed by atoms with Gasteiger partial charge in [0, 0.05) is 12.2 Å². The molecular formula is C8H13N3. The maximum Gasteiger partial charge on any atom is 0.103 e. The van der Waals surface area contributed by atoms with Crippen LogP contribution in [0, 0.1) is 6.92 Å². The van der Waals surface area contributed by atoms with E-state index in [2.05, 4.69) is 15.3 Å². The van der Waals surface area contributed by atoms with E-state index < -0.39 is 0 Å². The standard InChI is InChI=1S/C8H13N3/c1-6-10-5-8(11-6)7-3-2-4-9-7/h5,7,9H,2-4H2,1H3,(H,10,11). The average Bonchev–Trinajstić information content (AvgIpc) is 2.55. The van der Waals surface area contributed by atoms with E-state index in [9.17, 15) is 0 Å². The lowest BCUT2D eigenvalue weighted by atomic mass is 10.2. The zero-order chi connectivity index (χ0) is 7.68. The molecule has 1 fully saturated rings. The molecule has 2 heterocycles. The molecule has 0 aliphatic carbocycles. The molecule has 3 heteroatoms. The van der Waals surface area contributed by atoms with Crippen molar-refractivity contribution >= 4 is 0 Å². The van der Waals surface area contributed by atoms with Gasteiger partial charge in [0.05, 0.1) is 5.69 Å². The van der Waals surface area contributed by atoms with Crippen molar-refractivity contribution < 1.29 is 0 Å². The minimum atomic E-state index is 0.524. The monoisotopic (exact) mass is 151 g/mol. The molecule has 2 rings (SSSR count). The highest BCUT2D eigenvalue weighted by Gasteiger charge is 2.17. The zero-order valence-corrected chi connectivity index (χ0v) is 6.72. The van der Waals surface area contributed by atoms with Crippen molar-refractivity contribution in [1.29, 1.82) is 0 Å². The summed E-state index contributed by atoms with van der Waals surface area (Å²) in [5.41, 5.74) is 1.24. The van der Waals surface area contributed by atoms with Gasteiger partial charge in [0.2, 0.25) is 0 Å². The number of aromatic amines is 1. The Morgan fingerprint density at radius 3 is 3.09 bits per heavy atom. The number of nitrogens with zero attached hydrogens (tertiary/aromatic N) is 1. The lowest BCUT2D eigenvalue weighted by molar-refractivity contribution is 0.630. The highest BCUT2D eigenvalue weighted by molar-refractivity contribution is 5.07. The molecule has 0 amide bonds. The summed E-state index contributed by atoms with van der Waals surface area (Å²) in [7, 11) is 0. The van der Waals surface area contributed by atoms with Crippen molar-refractivity contribution in [3.8, 4) is 0 Å². The summed E-state index contributed by atoms with van der Waals surface area (Å²) in [4.78, 5) is 7.41. The Balaban J connectivity index is 2.15. The fraction of sp³-hybridized carbons (Fsp3) is 0.625. The smallest absolute Gasteiger partial charge is 0.103 e. The predicted octanol–water partition coefficient (Wildman–Crippen LogP) is 1.14. The summed E-state index contributed by atoms with van der Waals surface area (Å²) in [5, 5.41) is 3.41. The Kier molecular flexibility index (Phi) is 1.66. The minimum absolute atomic E-state index is 0.524. The van der Waals surface area contributed by atoms with Crippen molar-refractivity contribution in [2.75, 3.05) is 6.54 Å². The molecular weight excluding hydrogens is 138 g/mol. The summed E-state index contributed by atoms with van der Waals surface area (Å²) in [5.74, 6) is 1.01. The number of H-pyrrole nitrogens is 1. The van der Waals surface area contributed by atoms with Crippen LogP contribution in [-0.4, -0.2) is 16.5 Å². The van der Waals surface area contributed by atoms with Crippen LogP contribution in [0.4, 0.5) is 0 Å². The maximum atomic E-state index is 4.17. The van der Waals surface area contributed by atoms with Gasteiger partial charge in [0.1, 0.15) is 5.82 Å². The summed E-state index contributed by atoms with van der Waals surface area (Å²) in [6, 6.07) is 0.524. The summed E-state index contributed by atoms with van der Waals surface area (Å²) >= 11 is 0. The largest absolute Gasteiger partial charge is 0.345 e. The molecule has 0 spiro atoms. The highest BCUT2D eigenvalue weighted by atomic mass is 15.0. The first-order valence-electron chi connectivity index (χ1n) is 4.11. The molecule has 0 saturated carbocycles. The van der Waals surface area contributed by atoms with Gasteiger partial charge in [-0.05, 0) is 26.3 Å². The Morgan fingerprint density at radius 1 is 1.64 bits per heavy atom. The lowest BCUT2D eigenvalue weighted by Gasteiger charge is -2.05. The van der Waals surface area contributed by atoms with Gasteiger partial charge in [-0.15, -0.1) is 0 Å². The van der Waals surface area contributed by atoms with Crippen LogP contribution in [0.1, 0.15) is 30.4 Å². The Hall–Kier alpha value is -0.830. The van der Waals surface area contributed by atoms with Gasteiger partial charge < -0.3 is 10.3 Å². The van der Waals surface area contributed by atoms with Crippen molar-refractivity contribution in [2.24, 2.45) is 0 Å². The van der Waals surface area contributed by atoms with Gasteiger partial charge in [-0.1, -0.05) is 0 Å². The lowest BCUT2D eigenvalue weighted by Crippen LogP contribution is -2.12. The Morgan fingerprint density at radius 2 is 2.55 bits per heavy atom. The molecule has 11 heavy (non-hydrogen) atoms. The molecule has 1 aliphatic heterocycles. The van der Waals surface area contributed by atoms with Crippen LogP contribution in [0.25, 0.3) is 0 Å². The Labute approximate surface area is 66.2 Å². The first kappa shape index (κ1) is 6.85. The van der Waals surface area contributed by atoms with E-state index in [1.54, 1.807) is 0 Å². The quantitative estimate of drug-likeness (QED) is 0.632. The number of hydrogen-bond donors (Lipinski definition) is 2. The summed E-state index contributed by atoms with van der Waals surface area (Å²) in [6.07, 6.45) is 4.45. The molecule has 1 aromatic rings. The van der Waals surface area contributed by atoms with E-state index in [4.69, 9.17) is 0 Å². The number of hydrogen-bond acceptors (Lipinski definition) is 2. The molecule has 1 aromatic heterocycles. The van der Waals surface area contributed by atoms with Crippen molar-refractivity contribution in [3.05, 3.63) is 17.7 Å². The van der Waals surface area contributed by atoms with E-state index in [1.807, 2.05) is 13.1 Å². The molecule has 0 aromatic carbocycles. The van der Waals surface area contributed by atoms with Gasteiger partial charge in [-0.2, -0.15) is 0 Å². The van der Waals surface area contributed by atoms with E-state index in [-0.39, 0.29) is 0 Å². The SMILES string of the molecule is Cc1ncc(C2CCCN2)[nH]1. The topological polar surface area (TPSA) is 40.7 Å². The normalized spacial score (nSPS) is 24.3. The molecule has 3 nitrogen and oxygen atoms in total. The third-order valence-corrected chi connectivity index (χ3v) is 2.16. The van der Waals surface area contributed by atoms with Gasteiger partial charge in [0.15, 0.2) is 0 Å². The zero-order valence-electron chi connectivity index (χ0n) is 6.72. The molecule has 1 atom stereocenters. The fourth-order valence-electron chi connectivity index (χ4n) is 1.57.